The smallest absolute Gasteiger partial charge is 0.335 e. The monoisotopic (exact) mass is 261 g/mol. The predicted molar refractivity (Wildman–Crippen MR) is 72.0 cm³/mol. The molecule has 1 fully saturated rings. The van der Waals surface area contributed by atoms with Crippen molar-refractivity contribution in [2.45, 2.75) is 38.6 Å². The summed E-state index contributed by atoms with van der Waals surface area (Å²) in [5.41, 5.74) is 1.32. The lowest BCUT2D eigenvalue weighted by Gasteiger charge is -2.36. The SMILES string of the molecule is CCC(=O)N1CCCCC1c1ccc(C(=O)O)cc1. The Balaban J connectivity index is 2.22. The summed E-state index contributed by atoms with van der Waals surface area (Å²) < 4.78 is 0. The molecule has 0 radical (unpaired) electrons. The summed E-state index contributed by atoms with van der Waals surface area (Å²) in [5.74, 6) is -0.747. The van der Waals surface area contributed by atoms with Crippen LogP contribution in [0.2, 0.25) is 0 Å². The molecule has 1 aliphatic rings. The van der Waals surface area contributed by atoms with Crippen molar-refractivity contribution in [3.05, 3.63) is 35.4 Å². The van der Waals surface area contributed by atoms with Crippen LogP contribution < -0.4 is 0 Å². The number of hydrogen-bond donors (Lipinski definition) is 1. The minimum atomic E-state index is -0.920. The Labute approximate surface area is 113 Å². The fourth-order valence-corrected chi connectivity index (χ4v) is 2.63. The number of piperidine rings is 1. The summed E-state index contributed by atoms with van der Waals surface area (Å²) in [5, 5.41) is 8.90. The number of carbonyl (C=O) groups excluding carboxylic acids is 1. The summed E-state index contributed by atoms with van der Waals surface area (Å²) in [6.07, 6.45) is 3.64. The highest BCUT2D eigenvalue weighted by Crippen LogP contribution is 2.31. The zero-order valence-corrected chi connectivity index (χ0v) is 11.1. The van der Waals surface area contributed by atoms with Gasteiger partial charge in [-0.3, -0.25) is 4.79 Å². The molecule has 102 valence electrons. The van der Waals surface area contributed by atoms with Crippen LogP contribution in [0.3, 0.4) is 0 Å². The van der Waals surface area contributed by atoms with Gasteiger partial charge in [0.2, 0.25) is 5.91 Å². The first-order valence-electron chi connectivity index (χ1n) is 6.76. The summed E-state index contributed by atoms with van der Waals surface area (Å²) in [7, 11) is 0. The van der Waals surface area contributed by atoms with Gasteiger partial charge in [-0.2, -0.15) is 0 Å². The van der Waals surface area contributed by atoms with Crippen molar-refractivity contribution < 1.29 is 14.7 Å². The second-order valence-corrected chi connectivity index (χ2v) is 4.88. The van der Waals surface area contributed by atoms with Crippen molar-refractivity contribution >= 4 is 11.9 Å². The van der Waals surface area contributed by atoms with E-state index in [0.29, 0.717) is 6.42 Å². The van der Waals surface area contributed by atoms with E-state index in [-0.39, 0.29) is 17.5 Å². The highest BCUT2D eigenvalue weighted by atomic mass is 16.4. The molecule has 0 saturated carbocycles. The number of carboxylic acid groups (broad SMARTS) is 1. The van der Waals surface area contributed by atoms with Gasteiger partial charge in [0.25, 0.3) is 0 Å². The Morgan fingerprint density at radius 3 is 2.53 bits per heavy atom. The first-order valence-corrected chi connectivity index (χ1v) is 6.76. The van der Waals surface area contributed by atoms with Gasteiger partial charge in [-0.1, -0.05) is 19.1 Å². The first kappa shape index (κ1) is 13.6. The number of likely N-dealkylation sites (tertiary alicyclic amines) is 1. The summed E-state index contributed by atoms with van der Waals surface area (Å²) >= 11 is 0. The Hall–Kier alpha value is -1.84. The molecule has 0 bridgehead atoms. The Morgan fingerprint density at radius 2 is 1.95 bits per heavy atom. The lowest BCUT2D eigenvalue weighted by atomic mass is 9.94. The topological polar surface area (TPSA) is 57.6 Å². The maximum Gasteiger partial charge on any atom is 0.335 e. The molecule has 19 heavy (non-hydrogen) atoms. The Bertz CT molecular complexity index is 467. The van der Waals surface area contributed by atoms with Crippen LogP contribution in [0.15, 0.2) is 24.3 Å². The molecule has 1 saturated heterocycles. The number of carbonyl (C=O) groups is 2. The van der Waals surface area contributed by atoms with E-state index in [1.54, 1.807) is 12.1 Å². The largest absolute Gasteiger partial charge is 0.478 e. The van der Waals surface area contributed by atoms with E-state index in [1.165, 1.54) is 0 Å². The normalized spacial score (nSPS) is 19.2. The van der Waals surface area contributed by atoms with Crippen LogP contribution in [0, 0.1) is 0 Å². The van der Waals surface area contributed by atoms with Crippen molar-refractivity contribution in [2.75, 3.05) is 6.54 Å². The number of hydrogen-bond acceptors (Lipinski definition) is 2. The minimum absolute atomic E-state index is 0.101. The molecule has 0 spiro atoms. The van der Waals surface area contributed by atoms with Crippen molar-refractivity contribution in [1.82, 2.24) is 4.90 Å². The van der Waals surface area contributed by atoms with Gasteiger partial charge in [-0.15, -0.1) is 0 Å². The van der Waals surface area contributed by atoms with Crippen molar-refractivity contribution in [1.29, 1.82) is 0 Å². The lowest BCUT2D eigenvalue weighted by molar-refractivity contribution is -0.134. The van der Waals surface area contributed by atoms with Crippen molar-refractivity contribution in [3.8, 4) is 0 Å². The molecule has 1 amide bonds. The highest BCUT2D eigenvalue weighted by molar-refractivity contribution is 5.87. The van der Waals surface area contributed by atoms with Gasteiger partial charge in [0.05, 0.1) is 11.6 Å². The van der Waals surface area contributed by atoms with E-state index in [1.807, 2.05) is 24.0 Å². The van der Waals surface area contributed by atoms with E-state index in [2.05, 4.69) is 0 Å². The Kier molecular flexibility index (Phi) is 4.20. The average Bonchev–Trinajstić information content (AvgIpc) is 2.46. The molecule has 1 aliphatic heterocycles. The van der Waals surface area contributed by atoms with E-state index in [4.69, 9.17) is 5.11 Å². The minimum Gasteiger partial charge on any atom is -0.478 e. The van der Waals surface area contributed by atoms with E-state index < -0.39 is 5.97 Å². The molecule has 1 unspecified atom stereocenters. The quantitative estimate of drug-likeness (QED) is 0.910. The second kappa shape index (κ2) is 5.87. The lowest BCUT2D eigenvalue weighted by Crippen LogP contribution is -2.38. The number of nitrogens with zero attached hydrogens (tertiary/aromatic N) is 1. The molecule has 1 aromatic carbocycles. The number of aromatic carboxylic acids is 1. The molecular formula is C15H19NO3. The second-order valence-electron chi connectivity index (χ2n) is 4.88. The number of rotatable bonds is 3. The maximum atomic E-state index is 12.0. The van der Waals surface area contributed by atoms with E-state index in [0.717, 1.165) is 31.4 Å². The molecular weight excluding hydrogens is 242 g/mol. The van der Waals surface area contributed by atoms with Gasteiger partial charge in [-0.25, -0.2) is 4.79 Å². The van der Waals surface area contributed by atoms with Crippen LogP contribution in [0.5, 0.6) is 0 Å². The highest BCUT2D eigenvalue weighted by Gasteiger charge is 2.26. The summed E-state index contributed by atoms with van der Waals surface area (Å²) in [6.45, 7) is 2.68. The summed E-state index contributed by atoms with van der Waals surface area (Å²) in [6, 6.07) is 6.98. The van der Waals surface area contributed by atoms with Crippen LogP contribution >= 0.6 is 0 Å². The Morgan fingerprint density at radius 1 is 1.26 bits per heavy atom. The van der Waals surface area contributed by atoms with E-state index in [9.17, 15) is 9.59 Å². The average molecular weight is 261 g/mol. The molecule has 0 aliphatic carbocycles. The summed E-state index contributed by atoms with van der Waals surface area (Å²) in [4.78, 5) is 24.7. The molecule has 1 heterocycles. The van der Waals surface area contributed by atoms with Crippen LogP contribution in [0.25, 0.3) is 0 Å². The molecule has 4 nitrogen and oxygen atoms in total. The number of amides is 1. The van der Waals surface area contributed by atoms with Crippen LogP contribution in [0.1, 0.15) is 54.6 Å². The van der Waals surface area contributed by atoms with Crippen LogP contribution in [-0.2, 0) is 4.79 Å². The third-order valence-corrected chi connectivity index (χ3v) is 3.67. The van der Waals surface area contributed by atoms with Crippen LogP contribution in [-0.4, -0.2) is 28.4 Å². The van der Waals surface area contributed by atoms with Gasteiger partial charge < -0.3 is 10.0 Å². The van der Waals surface area contributed by atoms with Gasteiger partial charge in [0.1, 0.15) is 0 Å². The van der Waals surface area contributed by atoms with E-state index >= 15 is 0 Å². The van der Waals surface area contributed by atoms with Gasteiger partial charge in [0, 0.05) is 13.0 Å². The maximum absolute atomic E-state index is 12.0. The first-order chi connectivity index (χ1) is 9.13. The number of carboxylic acids is 1. The molecule has 0 aromatic heterocycles. The van der Waals surface area contributed by atoms with Gasteiger partial charge in [-0.05, 0) is 37.0 Å². The van der Waals surface area contributed by atoms with Crippen LogP contribution in [0.4, 0.5) is 0 Å². The van der Waals surface area contributed by atoms with Gasteiger partial charge in [0.15, 0.2) is 0 Å². The molecule has 1 aromatic rings. The molecule has 4 heteroatoms. The number of benzene rings is 1. The third kappa shape index (κ3) is 2.95. The molecule has 1 N–H and O–H groups in total. The van der Waals surface area contributed by atoms with Crippen molar-refractivity contribution in [2.24, 2.45) is 0 Å². The zero-order chi connectivity index (χ0) is 13.8. The van der Waals surface area contributed by atoms with Gasteiger partial charge >= 0.3 is 5.97 Å². The molecule has 1 atom stereocenters. The van der Waals surface area contributed by atoms with Crippen molar-refractivity contribution in [3.63, 3.8) is 0 Å². The fourth-order valence-electron chi connectivity index (χ4n) is 2.63. The molecule has 2 rings (SSSR count). The third-order valence-electron chi connectivity index (χ3n) is 3.67. The predicted octanol–water partition coefficient (Wildman–Crippen LogP) is 2.85. The zero-order valence-electron chi connectivity index (χ0n) is 11.1. The fraction of sp³-hybridized carbons (Fsp3) is 0.467. The standard InChI is InChI=1S/C15H19NO3/c1-2-14(17)16-10-4-3-5-13(16)11-6-8-12(9-7-11)15(18)19/h6-9,13H,2-5,10H2,1H3,(H,18,19).